The number of ether oxygens (including phenoxy) is 2. The lowest BCUT2D eigenvalue weighted by molar-refractivity contribution is -0.133. The molecule has 0 heterocycles. The van der Waals surface area contributed by atoms with Crippen molar-refractivity contribution in [1.82, 2.24) is 0 Å². The Bertz CT molecular complexity index is 473. The minimum absolute atomic E-state index is 0.0170. The lowest BCUT2D eigenvalue weighted by atomic mass is 10.4. The molecule has 10 heteroatoms. The predicted molar refractivity (Wildman–Crippen MR) is 117 cm³/mol. The molecule has 0 aliphatic rings. The smallest absolute Gasteiger partial charge is 0.330 e. The zero-order valence-corrected chi connectivity index (χ0v) is 19.3. The highest BCUT2D eigenvalue weighted by Crippen LogP contribution is 1.97. The Morgan fingerprint density at radius 3 is 1.16 bits per heavy atom. The lowest BCUT2D eigenvalue weighted by Gasteiger charge is -2.16. The van der Waals surface area contributed by atoms with E-state index in [4.69, 9.17) is 35.0 Å². The highest BCUT2D eigenvalue weighted by Gasteiger charge is 2.07. The molecular weight excluding hydrogens is 412 g/mol. The first kappa shape index (κ1) is 35.9. The second-order valence-electron chi connectivity index (χ2n) is 6.58. The van der Waals surface area contributed by atoms with Gasteiger partial charge in [0.25, 0.3) is 0 Å². The van der Waals surface area contributed by atoms with Crippen LogP contribution in [0.3, 0.4) is 0 Å². The molecule has 182 valence electrons. The SMILES string of the molecule is C=C(C)C(=O)O.C=C(C)C(=O)O.C=C(C)C(=O)O.CC(O)COC(C)COC(C)CO. The van der Waals surface area contributed by atoms with Gasteiger partial charge < -0.3 is 35.0 Å². The van der Waals surface area contributed by atoms with E-state index in [-0.39, 0.29) is 35.5 Å². The van der Waals surface area contributed by atoms with Crippen LogP contribution in [0.15, 0.2) is 36.5 Å². The van der Waals surface area contributed by atoms with Crippen molar-refractivity contribution in [1.29, 1.82) is 0 Å². The summed E-state index contributed by atoms with van der Waals surface area (Å²) in [5, 5.41) is 41.3. The van der Waals surface area contributed by atoms with Gasteiger partial charge in [-0.05, 0) is 41.5 Å². The molecule has 0 bridgehead atoms. The second-order valence-corrected chi connectivity index (χ2v) is 6.58. The van der Waals surface area contributed by atoms with E-state index in [0.29, 0.717) is 13.2 Å². The highest BCUT2D eigenvalue weighted by molar-refractivity contribution is 5.85. The van der Waals surface area contributed by atoms with E-state index in [2.05, 4.69) is 19.7 Å². The fourth-order valence-electron chi connectivity index (χ4n) is 0.704. The van der Waals surface area contributed by atoms with Gasteiger partial charge in [0, 0.05) is 16.7 Å². The minimum atomic E-state index is -0.935. The summed E-state index contributed by atoms with van der Waals surface area (Å²) in [6.45, 7) is 19.9. The standard InChI is InChI=1S/C9H20O4.3C4H6O2/c1-7(11)5-12-9(3)6-13-8(2)4-10;3*1-3(2)4(5)6/h7-11H,4-6H2,1-3H3;3*1H2,2H3,(H,5,6). The van der Waals surface area contributed by atoms with Gasteiger partial charge in [0.1, 0.15) is 0 Å². The van der Waals surface area contributed by atoms with E-state index in [1.54, 1.807) is 13.8 Å². The Kier molecular flexibility index (Phi) is 25.6. The molecule has 31 heavy (non-hydrogen) atoms. The Morgan fingerprint density at radius 2 is 0.968 bits per heavy atom. The maximum absolute atomic E-state index is 9.60. The number of aliphatic carboxylic acids is 3. The molecule has 10 nitrogen and oxygen atoms in total. The van der Waals surface area contributed by atoms with Gasteiger partial charge in [-0.2, -0.15) is 0 Å². The van der Waals surface area contributed by atoms with Crippen molar-refractivity contribution in [2.75, 3.05) is 19.8 Å². The average Bonchev–Trinajstić information content (AvgIpc) is 2.65. The summed E-state index contributed by atoms with van der Waals surface area (Å²) in [6, 6.07) is 0. The van der Waals surface area contributed by atoms with E-state index < -0.39 is 24.0 Å². The fourth-order valence-corrected chi connectivity index (χ4v) is 0.704. The molecule has 0 aromatic heterocycles. The monoisotopic (exact) mass is 450 g/mol. The van der Waals surface area contributed by atoms with E-state index in [1.807, 2.05) is 6.92 Å². The number of aliphatic hydroxyl groups is 2. The molecule has 3 unspecified atom stereocenters. The van der Waals surface area contributed by atoms with Crippen LogP contribution in [0.1, 0.15) is 41.5 Å². The van der Waals surface area contributed by atoms with Crippen molar-refractivity contribution >= 4 is 17.9 Å². The van der Waals surface area contributed by atoms with Crippen molar-refractivity contribution < 1.29 is 49.4 Å². The number of aliphatic hydroxyl groups excluding tert-OH is 2. The number of carbonyl (C=O) groups is 3. The van der Waals surface area contributed by atoms with Crippen molar-refractivity contribution in [2.45, 2.75) is 59.9 Å². The summed E-state index contributed by atoms with van der Waals surface area (Å²) in [4.78, 5) is 28.8. The van der Waals surface area contributed by atoms with Crippen LogP contribution in [0.2, 0.25) is 0 Å². The van der Waals surface area contributed by atoms with Gasteiger partial charge in [-0.3, -0.25) is 0 Å². The maximum atomic E-state index is 9.60. The van der Waals surface area contributed by atoms with Crippen LogP contribution >= 0.6 is 0 Å². The summed E-state index contributed by atoms with van der Waals surface area (Å²) in [5.74, 6) is -2.81. The van der Waals surface area contributed by atoms with Crippen LogP contribution < -0.4 is 0 Å². The molecule has 0 amide bonds. The maximum Gasteiger partial charge on any atom is 0.330 e. The summed E-state index contributed by atoms with van der Waals surface area (Å²) in [7, 11) is 0. The van der Waals surface area contributed by atoms with Gasteiger partial charge >= 0.3 is 17.9 Å². The third-order valence-corrected chi connectivity index (χ3v) is 2.59. The zero-order chi connectivity index (χ0) is 25.7. The Balaban J connectivity index is -0.000000171. The minimum Gasteiger partial charge on any atom is -0.478 e. The van der Waals surface area contributed by atoms with Crippen LogP contribution in [0.5, 0.6) is 0 Å². The van der Waals surface area contributed by atoms with Crippen molar-refractivity contribution in [2.24, 2.45) is 0 Å². The largest absolute Gasteiger partial charge is 0.478 e. The molecule has 0 rings (SSSR count). The Morgan fingerprint density at radius 1 is 0.710 bits per heavy atom. The first-order valence-corrected chi connectivity index (χ1v) is 9.17. The molecule has 0 spiro atoms. The molecule has 0 aromatic carbocycles. The van der Waals surface area contributed by atoms with Gasteiger partial charge in [-0.25, -0.2) is 14.4 Å². The van der Waals surface area contributed by atoms with E-state index in [9.17, 15) is 14.4 Å². The van der Waals surface area contributed by atoms with Crippen LogP contribution in [0, 0.1) is 0 Å². The first-order valence-electron chi connectivity index (χ1n) is 9.17. The Labute approximate surface area is 184 Å². The molecular formula is C21H38O10. The first-order chi connectivity index (χ1) is 14.0. The van der Waals surface area contributed by atoms with Crippen LogP contribution in [-0.2, 0) is 23.9 Å². The van der Waals surface area contributed by atoms with Crippen LogP contribution in [0.4, 0.5) is 0 Å². The van der Waals surface area contributed by atoms with E-state index in [0.717, 1.165) is 0 Å². The number of carboxylic acids is 3. The van der Waals surface area contributed by atoms with Crippen molar-refractivity contribution in [3.63, 3.8) is 0 Å². The summed E-state index contributed by atoms with van der Waals surface area (Å²) < 4.78 is 10.5. The molecule has 0 radical (unpaired) electrons. The van der Waals surface area contributed by atoms with Crippen LogP contribution in [-0.4, -0.2) is 81.6 Å². The highest BCUT2D eigenvalue weighted by atomic mass is 16.5. The Hall–Kier alpha value is -2.53. The molecule has 0 fully saturated rings. The molecule has 0 aliphatic heterocycles. The number of rotatable bonds is 10. The van der Waals surface area contributed by atoms with Crippen molar-refractivity contribution in [3.8, 4) is 0 Å². The van der Waals surface area contributed by atoms with Gasteiger partial charge in [0.2, 0.25) is 0 Å². The average molecular weight is 451 g/mol. The predicted octanol–water partition coefficient (Wildman–Crippen LogP) is 2.11. The molecule has 3 atom stereocenters. The lowest BCUT2D eigenvalue weighted by Crippen LogP contribution is -2.24. The van der Waals surface area contributed by atoms with Gasteiger partial charge in [-0.1, -0.05) is 19.7 Å². The summed E-state index contributed by atoms with van der Waals surface area (Å²) >= 11 is 0. The number of hydrogen-bond donors (Lipinski definition) is 5. The van der Waals surface area contributed by atoms with Crippen LogP contribution in [0.25, 0.3) is 0 Å². The second kappa shape index (κ2) is 22.2. The van der Waals surface area contributed by atoms with Gasteiger partial charge in [0.15, 0.2) is 0 Å². The molecule has 0 saturated heterocycles. The topological polar surface area (TPSA) is 171 Å². The molecule has 0 aromatic rings. The zero-order valence-electron chi connectivity index (χ0n) is 19.3. The molecule has 0 aliphatic carbocycles. The van der Waals surface area contributed by atoms with Gasteiger partial charge in [-0.15, -0.1) is 0 Å². The normalized spacial score (nSPS) is 12.0. The van der Waals surface area contributed by atoms with Crippen molar-refractivity contribution in [3.05, 3.63) is 36.5 Å². The third-order valence-electron chi connectivity index (χ3n) is 2.59. The molecule has 0 saturated carbocycles. The fraction of sp³-hybridized carbons (Fsp3) is 0.571. The number of carboxylic acid groups (broad SMARTS) is 3. The molecule has 5 N–H and O–H groups in total. The quantitative estimate of drug-likeness (QED) is 0.310. The number of hydrogen-bond acceptors (Lipinski definition) is 7. The van der Waals surface area contributed by atoms with Gasteiger partial charge in [0.05, 0.1) is 38.1 Å². The third kappa shape index (κ3) is 38.7. The van der Waals surface area contributed by atoms with E-state index >= 15 is 0 Å². The summed E-state index contributed by atoms with van der Waals surface area (Å²) in [6.07, 6.45) is -0.654. The van der Waals surface area contributed by atoms with E-state index in [1.165, 1.54) is 20.8 Å². The summed E-state index contributed by atoms with van der Waals surface area (Å²) in [5.41, 5.74) is 0.528.